The fourth-order valence-corrected chi connectivity index (χ4v) is 1.41. The number of hydrogen-bond acceptors (Lipinski definition) is 3. The van der Waals surface area contributed by atoms with Crippen LogP contribution < -0.4 is 0 Å². The van der Waals surface area contributed by atoms with Crippen molar-refractivity contribution in [2.75, 3.05) is 0 Å². The highest BCUT2D eigenvalue weighted by Gasteiger charge is 2.05. The summed E-state index contributed by atoms with van der Waals surface area (Å²) in [5.74, 6) is 0. The van der Waals surface area contributed by atoms with E-state index in [-0.39, 0.29) is 0 Å². The Morgan fingerprint density at radius 1 is 1.23 bits per heavy atom. The van der Waals surface area contributed by atoms with Gasteiger partial charge in [0.2, 0.25) is 0 Å². The predicted octanol–water partition coefficient (Wildman–Crippen LogP) is 1.68. The quantitative estimate of drug-likeness (QED) is 0.715. The number of nitrogens with zero attached hydrogens (tertiary/aromatic N) is 2. The van der Waals surface area contributed by atoms with E-state index >= 15 is 0 Å². The molecule has 2 aromatic rings. The van der Waals surface area contributed by atoms with Gasteiger partial charge in [-0.3, -0.25) is 0 Å². The third-order valence-corrected chi connectivity index (χ3v) is 2.07. The zero-order valence-corrected chi connectivity index (χ0v) is 7.31. The molecule has 0 aliphatic heterocycles. The molecule has 0 aliphatic carbocycles. The van der Waals surface area contributed by atoms with Crippen molar-refractivity contribution in [2.24, 2.45) is 0 Å². The number of benzene rings is 1. The molecule has 13 heavy (non-hydrogen) atoms. The third-order valence-electron chi connectivity index (χ3n) is 2.07. The molecule has 1 atom stereocenters. The van der Waals surface area contributed by atoms with Gasteiger partial charge in [-0.05, 0) is 12.5 Å². The first-order valence-corrected chi connectivity index (χ1v) is 4.16. The van der Waals surface area contributed by atoms with E-state index in [0.717, 1.165) is 16.3 Å². The van der Waals surface area contributed by atoms with Crippen LogP contribution in [-0.2, 0) is 0 Å². The molecule has 3 nitrogen and oxygen atoms in total. The second-order valence-electron chi connectivity index (χ2n) is 3.02. The van der Waals surface area contributed by atoms with Crippen molar-refractivity contribution < 1.29 is 5.11 Å². The molecule has 1 aromatic carbocycles. The molecule has 0 bridgehead atoms. The zero-order chi connectivity index (χ0) is 9.26. The van der Waals surface area contributed by atoms with Crippen LogP contribution in [0, 0.1) is 0 Å². The van der Waals surface area contributed by atoms with Crippen LogP contribution in [0.15, 0.2) is 30.6 Å². The number of hydrogen-bond donors (Lipinski definition) is 1. The van der Waals surface area contributed by atoms with Crippen molar-refractivity contribution in [3.63, 3.8) is 0 Å². The summed E-state index contributed by atoms with van der Waals surface area (Å²) in [4.78, 5) is 0. The van der Waals surface area contributed by atoms with Crippen LogP contribution in [0.5, 0.6) is 0 Å². The summed E-state index contributed by atoms with van der Waals surface area (Å²) in [6.45, 7) is 1.75. The fraction of sp³-hybridized carbons (Fsp3) is 0.200. The maximum atomic E-state index is 9.47. The Kier molecular flexibility index (Phi) is 1.94. The van der Waals surface area contributed by atoms with Gasteiger partial charge in [-0.2, -0.15) is 10.2 Å². The summed E-state index contributed by atoms with van der Waals surface area (Å²) in [5.41, 5.74) is 0.896. The first-order chi connectivity index (χ1) is 6.29. The van der Waals surface area contributed by atoms with Gasteiger partial charge in [-0.1, -0.05) is 18.2 Å². The summed E-state index contributed by atoms with van der Waals surface area (Å²) in [6, 6.07) is 5.76. The molecule has 66 valence electrons. The Hall–Kier alpha value is -1.48. The molecule has 1 heterocycles. The van der Waals surface area contributed by atoms with Gasteiger partial charge in [0.25, 0.3) is 0 Å². The number of aliphatic hydroxyl groups excluding tert-OH is 1. The molecule has 1 unspecified atom stereocenters. The van der Waals surface area contributed by atoms with Crippen LogP contribution in [0.1, 0.15) is 18.6 Å². The normalized spacial score (nSPS) is 13.1. The predicted molar refractivity (Wildman–Crippen MR) is 50.2 cm³/mol. The number of aromatic nitrogens is 2. The average Bonchev–Trinajstić information content (AvgIpc) is 2.17. The molecule has 0 aliphatic rings. The van der Waals surface area contributed by atoms with Crippen molar-refractivity contribution in [3.8, 4) is 0 Å². The standard InChI is InChI=1S/C10H10N2O/c1-7(13)9-4-2-3-8-5-11-12-6-10(8)9/h2-7,13H,1H3. The van der Waals surface area contributed by atoms with E-state index < -0.39 is 6.10 Å². The van der Waals surface area contributed by atoms with E-state index in [0.29, 0.717) is 0 Å². The first-order valence-electron chi connectivity index (χ1n) is 4.16. The lowest BCUT2D eigenvalue weighted by Crippen LogP contribution is -1.93. The van der Waals surface area contributed by atoms with Crippen molar-refractivity contribution in [1.82, 2.24) is 10.2 Å². The van der Waals surface area contributed by atoms with E-state index in [1.165, 1.54) is 0 Å². The van der Waals surface area contributed by atoms with E-state index in [1.807, 2.05) is 18.2 Å². The Labute approximate surface area is 76.0 Å². The zero-order valence-electron chi connectivity index (χ0n) is 7.31. The largest absolute Gasteiger partial charge is 0.389 e. The molecule has 0 radical (unpaired) electrons. The van der Waals surface area contributed by atoms with Crippen LogP contribution in [0.25, 0.3) is 10.8 Å². The average molecular weight is 174 g/mol. The highest BCUT2D eigenvalue weighted by Crippen LogP contribution is 2.22. The summed E-state index contributed by atoms with van der Waals surface area (Å²) < 4.78 is 0. The molecule has 1 aromatic heterocycles. The van der Waals surface area contributed by atoms with Crippen molar-refractivity contribution in [2.45, 2.75) is 13.0 Å². The Bertz CT molecular complexity index is 421. The molecular formula is C10H10N2O. The topological polar surface area (TPSA) is 46.0 Å². The van der Waals surface area contributed by atoms with Gasteiger partial charge in [-0.15, -0.1) is 0 Å². The molecular weight excluding hydrogens is 164 g/mol. The maximum absolute atomic E-state index is 9.47. The molecule has 3 heteroatoms. The minimum atomic E-state index is -0.465. The molecule has 0 saturated heterocycles. The van der Waals surface area contributed by atoms with Crippen molar-refractivity contribution >= 4 is 10.8 Å². The summed E-state index contributed by atoms with van der Waals surface area (Å²) >= 11 is 0. The van der Waals surface area contributed by atoms with Gasteiger partial charge in [0.05, 0.1) is 18.5 Å². The van der Waals surface area contributed by atoms with E-state index in [1.54, 1.807) is 19.3 Å². The lowest BCUT2D eigenvalue weighted by atomic mass is 10.0. The lowest BCUT2D eigenvalue weighted by molar-refractivity contribution is 0.201. The molecule has 0 fully saturated rings. The molecule has 0 saturated carbocycles. The molecule has 1 N–H and O–H groups in total. The molecule has 0 spiro atoms. The Morgan fingerprint density at radius 2 is 2.00 bits per heavy atom. The van der Waals surface area contributed by atoms with Crippen molar-refractivity contribution in [3.05, 3.63) is 36.2 Å². The highest BCUT2D eigenvalue weighted by atomic mass is 16.3. The van der Waals surface area contributed by atoms with Gasteiger partial charge in [0.1, 0.15) is 0 Å². The summed E-state index contributed by atoms with van der Waals surface area (Å²) in [7, 11) is 0. The van der Waals surface area contributed by atoms with E-state index in [9.17, 15) is 5.11 Å². The monoisotopic (exact) mass is 174 g/mol. The van der Waals surface area contributed by atoms with Gasteiger partial charge in [0, 0.05) is 10.8 Å². The fourth-order valence-electron chi connectivity index (χ4n) is 1.41. The number of aliphatic hydroxyl groups is 1. The minimum Gasteiger partial charge on any atom is -0.389 e. The smallest absolute Gasteiger partial charge is 0.0768 e. The second kappa shape index (κ2) is 3.11. The van der Waals surface area contributed by atoms with Crippen molar-refractivity contribution in [1.29, 1.82) is 0 Å². The van der Waals surface area contributed by atoms with Gasteiger partial charge >= 0.3 is 0 Å². The van der Waals surface area contributed by atoms with Crippen LogP contribution in [0.2, 0.25) is 0 Å². The summed E-state index contributed by atoms with van der Waals surface area (Å²) in [6.07, 6.45) is 2.91. The molecule has 2 rings (SSSR count). The minimum absolute atomic E-state index is 0.465. The van der Waals surface area contributed by atoms with Gasteiger partial charge < -0.3 is 5.11 Å². The van der Waals surface area contributed by atoms with Crippen LogP contribution >= 0.6 is 0 Å². The number of rotatable bonds is 1. The van der Waals surface area contributed by atoms with Gasteiger partial charge in [-0.25, -0.2) is 0 Å². The van der Waals surface area contributed by atoms with E-state index in [4.69, 9.17) is 0 Å². The van der Waals surface area contributed by atoms with Crippen LogP contribution in [0.3, 0.4) is 0 Å². The van der Waals surface area contributed by atoms with E-state index in [2.05, 4.69) is 10.2 Å². The Morgan fingerprint density at radius 3 is 2.77 bits per heavy atom. The molecule has 0 amide bonds. The SMILES string of the molecule is CC(O)c1cccc2cnncc12. The second-order valence-corrected chi connectivity index (χ2v) is 3.02. The maximum Gasteiger partial charge on any atom is 0.0768 e. The van der Waals surface area contributed by atoms with Crippen LogP contribution in [0.4, 0.5) is 0 Å². The highest BCUT2D eigenvalue weighted by molar-refractivity contribution is 5.84. The first kappa shape index (κ1) is 8.13. The lowest BCUT2D eigenvalue weighted by Gasteiger charge is -2.07. The Balaban J connectivity index is 2.76. The number of fused-ring (bicyclic) bond motifs is 1. The van der Waals surface area contributed by atoms with Crippen LogP contribution in [-0.4, -0.2) is 15.3 Å². The summed E-state index contributed by atoms with van der Waals surface area (Å²) in [5, 5.41) is 19.0. The third kappa shape index (κ3) is 1.38. The van der Waals surface area contributed by atoms with Gasteiger partial charge in [0.15, 0.2) is 0 Å².